The molecular weight excluding hydrogens is 294 g/mol. The van der Waals surface area contributed by atoms with E-state index in [9.17, 15) is 4.79 Å². The number of aromatic amines is 1. The van der Waals surface area contributed by atoms with Crippen molar-refractivity contribution in [3.05, 3.63) is 40.7 Å². The topological polar surface area (TPSA) is 88.0 Å². The number of carbonyl (C=O) groups excluding carboxylic acids is 1. The standard InChI is InChI=1S/C17H17N3O3/c1-3-22-17(21)15-16(14(19-20-15)11-4-5-11)23-13-7-6-12(9-18)10(2)8-13/h6-8,11H,3-5H2,1-2H3,(H,19,20). The Labute approximate surface area is 134 Å². The van der Waals surface area contributed by atoms with Crippen molar-refractivity contribution < 1.29 is 14.3 Å². The average Bonchev–Trinajstić information content (AvgIpc) is 3.29. The van der Waals surface area contributed by atoms with Gasteiger partial charge in [0, 0.05) is 5.92 Å². The summed E-state index contributed by atoms with van der Waals surface area (Å²) in [4.78, 5) is 12.1. The first-order valence-electron chi connectivity index (χ1n) is 7.58. The predicted octanol–water partition coefficient (Wildman–Crippen LogP) is 3.44. The van der Waals surface area contributed by atoms with Crippen LogP contribution < -0.4 is 4.74 Å². The van der Waals surface area contributed by atoms with Gasteiger partial charge in [-0.3, -0.25) is 5.10 Å². The number of hydrogen-bond donors (Lipinski definition) is 1. The van der Waals surface area contributed by atoms with Crippen LogP contribution in [0.1, 0.15) is 53.0 Å². The number of esters is 1. The second kappa shape index (κ2) is 6.13. The Kier molecular flexibility index (Phi) is 4.02. The van der Waals surface area contributed by atoms with Crippen LogP contribution in [-0.2, 0) is 4.74 Å². The van der Waals surface area contributed by atoms with Crippen LogP contribution in [-0.4, -0.2) is 22.8 Å². The molecule has 0 unspecified atom stereocenters. The average molecular weight is 311 g/mol. The van der Waals surface area contributed by atoms with Gasteiger partial charge in [0.05, 0.1) is 18.2 Å². The predicted molar refractivity (Wildman–Crippen MR) is 82.5 cm³/mol. The fourth-order valence-corrected chi connectivity index (χ4v) is 2.37. The number of nitrogens with zero attached hydrogens (tertiary/aromatic N) is 2. The molecule has 1 aromatic carbocycles. The number of carbonyl (C=O) groups is 1. The molecule has 0 radical (unpaired) electrons. The minimum absolute atomic E-state index is 0.232. The zero-order valence-electron chi connectivity index (χ0n) is 13.0. The molecule has 1 heterocycles. The third-order valence-electron chi connectivity index (χ3n) is 3.73. The minimum Gasteiger partial charge on any atom is -0.461 e. The Morgan fingerprint density at radius 3 is 2.87 bits per heavy atom. The first-order chi connectivity index (χ1) is 11.1. The molecule has 0 bridgehead atoms. The van der Waals surface area contributed by atoms with E-state index in [2.05, 4.69) is 16.3 Å². The molecule has 0 spiro atoms. The van der Waals surface area contributed by atoms with Gasteiger partial charge in [-0.1, -0.05) is 0 Å². The van der Waals surface area contributed by atoms with Crippen molar-refractivity contribution in [2.75, 3.05) is 6.61 Å². The monoisotopic (exact) mass is 311 g/mol. The van der Waals surface area contributed by atoms with Crippen molar-refractivity contribution in [1.82, 2.24) is 10.2 Å². The highest BCUT2D eigenvalue weighted by atomic mass is 16.5. The van der Waals surface area contributed by atoms with E-state index < -0.39 is 5.97 Å². The fraction of sp³-hybridized carbons (Fsp3) is 0.353. The Morgan fingerprint density at radius 1 is 1.48 bits per heavy atom. The Hall–Kier alpha value is -2.81. The van der Waals surface area contributed by atoms with Gasteiger partial charge in [-0.15, -0.1) is 0 Å². The van der Waals surface area contributed by atoms with Crippen molar-refractivity contribution in [1.29, 1.82) is 5.26 Å². The van der Waals surface area contributed by atoms with Gasteiger partial charge in [0.25, 0.3) is 0 Å². The Morgan fingerprint density at radius 2 is 2.26 bits per heavy atom. The molecule has 6 nitrogen and oxygen atoms in total. The van der Waals surface area contributed by atoms with Gasteiger partial charge >= 0.3 is 5.97 Å². The Balaban J connectivity index is 1.94. The summed E-state index contributed by atoms with van der Waals surface area (Å²) in [5.74, 6) is 0.835. The number of aryl methyl sites for hydroxylation is 1. The van der Waals surface area contributed by atoms with E-state index in [4.69, 9.17) is 14.7 Å². The fourth-order valence-electron chi connectivity index (χ4n) is 2.37. The molecule has 0 atom stereocenters. The lowest BCUT2D eigenvalue weighted by Gasteiger charge is -2.09. The van der Waals surface area contributed by atoms with Crippen LogP contribution in [0.15, 0.2) is 18.2 Å². The molecule has 6 heteroatoms. The summed E-state index contributed by atoms with van der Waals surface area (Å²) in [6.07, 6.45) is 2.08. The number of nitriles is 1. The summed E-state index contributed by atoms with van der Waals surface area (Å²) in [6.45, 7) is 3.88. The molecule has 118 valence electrons. The molecule has 3 rings (SSSR count). The maximum absolute atomic E-state index is 12.1. The van der Waals surface area contributed by atoms with Crippen LogP contribution in [0.3, 0.4) is 0 Å². The molecule has 2 aromatic rings. The summed E-state index contributed by atoms with van der Waals surface area (Å²) in [6, 6.07) is 7.31. The number of H-pyrrole nitrogens is 1. The molecule has 1 aliphatic carbocycles. The minimum atomic E-state index is -0.479. The number of rotatable bonds is 5. The molecule has 1 aromatic heterocycles. The molecule has 23 heavy (non-hydrogen) atoms. The SMILES string of the molecule is CCOC(=O)c1[nH]nc(C2CC2)c1Oc1ccc(C#N)c(C)c1. The lowest BCUT2D eigenvalue weighted by molar-refractivity contribution is 0.0516. The Bertz CT molecular complexity index is 785. The number of nitrogens with one attached hydrogen (secondary N) is 1. The van der Waals surface area contributed by atoms with Crippen molar-refractivity contribution in [3.8, 4) is 17.6 Å². The highest BCUT2D eigenvalue weighted by Gasteiger charge is 2.33. The molecule has 1 saturated carbocycles. The largest absolute Gasteiger partial charge is 0.461 e. The normalized spacial score (nSPS) is 13.4. The van der Waals surface area contributed by atoms with E-state index in [0.29, 0.717) is 23.0 Å². The van der Waals surface area contributed by atoms with Gasteiger partial charge in [0.15, 0.2) is 11.4 Å². The summed E-state index contributed by atoms with van der Waals surface area (Å²) in [5.41, 5.74) is 2.41. The first-order valence-corrected chi connectivity index (χ1v) is 7.58. The summed E-state index contributed by atoms with van der Waals surface area (Å²) >= 11 is 0. The summed E-state index contributed by atoms with van der Waals surface area (Å²) < 4.78 is 11.0. The highest BCUT2D eigenvalue weighted by molar-refractivity contribution is 5.91. The number of hydrogen-bond acceptors (Lipinski definition) is 5. The summed E-state index contributed by atoms with van der Waals surface area (Å²) in [7, 11) is 0. The second-order valence-electron chi connectivity index (χ2n) is 5.50. The maximum Gasteiger partial charge on any atom is 0.360 e. The quantitative estimate of drug-likeness (QED) is 0.855. The van der Waals surface area contributed by atoms with Gasteiger partial charge in [-0.25, -0.2) is 4.79 Å². The van der Waals surface area contributed by atoms with Crippen molar-refractivity contribution in [3.63, 3.8) is 0 Å². The summed E-state index contributed by atoms with van der Waals surface area (Å²) in [5, 5.41) is 16.0. The van der Waals surface area contributed by atoms with Crippen LogP contribution >= 0.6 is 0 Å². The van der Waals surface area contributed by atoms with Gasteiger partial charge in [-0.05, 0) is 50.5 Å². The third kappa shape index (κ3) is 3.04. The van der Waals surface area contributed by atoms with Gasteiger partial charge in [-0.2, -0.15) is 10.4 Å². The van der Waals surface area contributed by atoms with Crippen LogP contribution in [0.2, 0.25) is 0 Å². The van der Waals surface area contributed by atoms with Crippen LogP contribution in [0, 0.1) is 18.3 Å². The van der Waals surface area contributed by atoms with Crippen LogP contribution in [0.5, 0.6) is 11.5 Å². The van der Waals surface area contributed by atoms with E-state index in [1.165, 1.54) is 0 Å². The smallest absolute Gasteiger partial charge is 0.360 e. The van der Waals surface area contributed by atoms with Crippen molar-refractivity contribution >= 4 is 5.97 Å². The van der Waals surface area contributed by atoms with Gasteiger partial charge in [0.1, 0.15) is 11.4 Å². The second-order valence-corrected chi connectivity index (χ2v) is 5.50. The van der Waals surface area contributed by atoms with Gasteiger partial charge in [0.2, 0.25) is 0 Å². The van der Waals surface area contributed by atoms with E-state index in [1.807, 2.05) is 6.92 Å². The van der Waals surface area contributed by atoms with Crippen molar-refractivity contribution in [2.45, 2.75) is 32.6 Å². The van der Waals surface area contributed by atoms with Crippen molar-refractivity contribution in [2.24, 2.45) is 0 Å². The first kappa shape index (κ1) is 15.1. The third-order valence-corrected chi connectivity index (χ3v) is 3.73. The lowest BCUT2D eigenvalue weighted by atomic mass is 10.1. The molecule has 1 N–H and O–H groups in total. The number of benzene rings is 1. The van der Waals surface area contributed by atoms with Gasteiger partial charge < -0.3 is 9.47 Å². The van der Waals surface area contributed by atoms with E-state index in [1.54, 1.807) is 25.1 Å². The molecule has 0 saturated heterocycles. The van der Waals surface area contributed by atoms with Crippen LogP contribution in [0.4, 0.5) is 0 Å². The number of aromatic nitrogens is 2. The maximum atomic E-state index is 12.1. The zero-order valence-corrected chi connectivity index (χ0v) is 13.0. The zero-order chi connectivity index (χ0) is 16.4. The van der Waals surface area contributed by atoms with E-state index in [0.717, 1.165) is 24.1 Å². The van der Waals surface area contributed by atoms with Crippen LogP contribution in [0.25, 0.3) is 0 Å². The highest BCUT2D eigenvalue weighted by Crippen LogP contribution is 2.45. The lowest BCUT2D eigenvalue weighted by Crippen LogP contribution is -2.06. The molecule has 0 aliphatic heterocycles. The molecule has 1 aliphatic rings. The molecule has 0 amide bonds. The molecular formula is C17H17N3O3. The van der Waals surface area contributed by atoms with E-state index >= 15 is 0 Å². The molecule has 1 fully saturated rings. The van der Waals surface area contributed by atoms with E-state index in [-0.39, 0.29) is 12.3 Å². The number of ether oxygens (including phenoxy) is 2.